The summed E-state index contributed by atoms with van der Waals surface area (Å²) in [7, 11) is -4.13. The molecule has 0 aliphatic rings. The molecule has 0 aliphatic carbocycles. The number of nitrogens with zero attached hydrogens (tertiary/aromatic N) is 1. The second-order valence-corrected chi connectivity index (χ2v) is 10.6. The highest BCUT2D eigenvalue weighted by Crippen LogP contribution is 2.34. The van der Waals surface area contributed by atoms with E-state index in [0.717, 1.165) is 22.5 Å². The number of amides is 1. The second kappa shape index (κ2) is 11.0. The third kappa shape index (κ3) is 5.76. The SMILES string of the molecule is Cc1ccc(-c2ccccc2OCc2ccc(F)cc2)n1-c1cccc(S(=O)(=O)NC(=O)c2ccccc2)c1. The van der Waals surface area contributed by atoms with Crippen LogP contribution in [0.4, 0.5) is 4.39 Å². The predicted molar refractivity (Wildman–Crippen MR) is 148 cm³/mol. The van der Waals surface area contributed by atoms with Gasteiger partial charge in [-0.1, -0.05) is 48.5 Å². The first-order valence-electron chi connectivity index (χ1n) is 12.2. The number of sulfonamides is 1. The molecule has 6 nitrogen and oxygen atoms in total. The summed E-state index contributed by atoms with van der Waals surface area (Å²) in [5.74, 6) is -0.387. The van der Waals surface area contributed by atoms with Crippen molar-refractivity contribution in [2.24, 2.45) is 0 Å². The molecule has 196 valence electrons. The normalized spacial score (nSPS) is 11.2. The lowest BCUT2D eigenvalue weighted by Gasteiger charge is -2.16. The molecule has 0 atom stereocenters. The van der Waals surface area contributed by atoms with Gasteiger partial charge >= 0.3 is 0 Å². The fourth-order valence-corrected chi connectivity index (χ4v) is 5.27. The highest BCUT2D eigenvalue weighted by atomic mass is 32.2. The van der Waals surface area contributed by atoms with Gasteiger partial charge in [0.15, 0.2) is 0 Å². The second-order valence-electron chi connectivity index (χ2n) is 8.90. The Morgan fingerprint density at radius 2 is 1.56 bits per heavy atom. The Bertz CT molecular complexity index is 1730. The fraction of sp³-hybridized carbons (Fsp3) is 0.0645. The van der Waals surface area contributed by atoms with E-state index in [0.29, 0.717) is 11.4 Å². The first-order valence-corrected chi connectivity index (χ1v) is 13.7. The summed E-state index contributed by atoms with van der Waals surface area (Å²) in [6, 6.07) is 32.1. The van der Waals surface area contributed by atoms with Gasteiger partial charge in [0.1, 0.15) is 18.2 Å². The lowest BCUT2D eigenvalue weighted by molar-refractivity contribution is 0.0981. The number of aromatic nitrogens is 1. The van der Waals surface area contributed by atoms with E-state index in [9.17, 15) is 17.6 Å². The number of carbonyl (C=O) groups excluding carboxylic acids is 1. The zero-order valence-corrected chi connectivity index (χ0v) is 21.9. The summed E-state index contributed by atoms with van der Waals surface area (Å²) in [5, 5.41) is 0. The number of nitrogens with one attached hydrogen (secondary N) is 1. The zero-order valence-electron chi connectivity index (χ0n) is 21.0. The quantitative estimate of drug-likeness (QED) is 0.251. The van der Waals surface area contributed by atoms with E-state index in [4.69, 9.17) is 4.74 Å². The van der Waals surface area contributed by atoms with Crippen LogP contribution in [0.15, 0.2) is 120 Å². The molecule has 39 heavy (non-hydrogen) atoms. The summed E-state index contributed by atoms with van der Waals surface area (Å²) in [6.45, 7) is 2.18. The number of halogens is 1. The van der Waals surface area contributed by atoms with Crippen molar-refractivity contribution in [2.75, 3.05) is 0 Å². The van der Waals surface area contributed by atoms with Gasteiger partial charge < -0.3 is 9.30 Å². The van der Waals surface area contributed by atoms with Crippen molar-refractivity contribution in [1.29, 1.82) is 0 Å². The molecule has 0 saturated carbocycles. The average Bonchev–Trinajstić information content (AvgIpc) is 3.34. The van der Waals surface area contributed by atoms with Crippen LogP contribution in [0, 0.1) is 12.7 Å². The summed E-state index contributed by atoms with van der Waals surface area (Å²) in [6.07, 6.45) is 0. The Morgan fingerprint density at radius 3 is 2.33 bits per heavy atom. The van der Waals surface area contributed by atoms with Crippen LogP contribution in [0.1, 0.15) is 21.6 Å². The Hall–Kier alpha value is -4.69. The van der Waals surface area contributed by atoms with Crippen molar-refractivity contribution < 1.29 is 22.3 Å². The van der Waals surface area contributed by atoms with Gasteiger partial charge in [0.25, 0.3) is 15.9 Å². The summed E-state index contributed by atoms with van der Waals surface area (Å²) < 4.78 is 49.6. The number of hydrogen-bond acceptors (Lipinski definition) is 4. The number of benzene rings is 4. The molecule has 5 aromatic rings. The first kappa shape index (κ1) is 25.9. The zero-order chi connectivity index (χ0) is 27.4. The molecule has 0 unspecified atom stereocenters. The molecule has 0 saturated heterocycles. The Kier molecular flexibility index (Phi) is 7.29. The lowest BCUT2D eigenvalue weighted by Crippen LogP contribution is -2.30. The molecular formula is C31H25FN2O4S. The van der Waals surface area contributed by atoms with E-state index >= 15 is 0 Å². The maximum absolute atomic E-state index is 13.3. The number of rotatable bonds is 8. The van der Waals surface area contributed by atoms with Gasteiger partial charge in [-0.15, -0.1) is 0 Å². The van der Waals surface area contributed by atoms with Crippen LogP contribution in [-0.2, 0) is 16.6 Å². The van der Waals surface area contributed by atoms with Crippen molar-refractivity contribution in [3.63, 3.8) is 0 Å². The monoisotopic (exact) mass is 540 g/mol. The smallest absolute Gasteiger partial charge is 0.264 e. The molecule has 0 radical (unpaired) electrons. The molecule has 0 spiro atoms. The average molecular weight is 541 g/mol. The van der Waals surface area contributed by atoms with Crippen molar-refractivity contribution in [1.82, 2.24) is 9.29 Å². The molecule has 1 N–H and O–H groups in total. The van der Waals surface area contributed by atoms with Gasteiger partial charge in [-0.25, -0.2) is 17.5 Å². The summed E-state index contributed by atoms with van der Waals surface area (Å²) in [4.78, 5) is 12.5. The van der Waals surface area contributed by atoms with Crippen molar-refractivity contribution >= 4 is 15.9 Å². The summed E-state index contributed by atoms with van der Waals surface area (Å²) in [5.41, 5.74) is 4.16. The van der Waals surface area contributed by atoms with Crippen molar-refractivity contribution in [3.05, 3.63) is 138 Å². The first-order chi connectivity index (χ1) is 18.8. The van der Waals surface area contributed by atoms with Gasteiger partial charge in [-0.3, -0.25) is 4.79 Å². The third-order valence-electron chi connectivity index (χ3n) is 6.20. The van der Waals surface area contributed by atoms with Crippen LogP contribution in [0.2, 0.25) is 0 Å². The van der Waals surface area contributed by atoms with E-state index in [2.05, 4.69) is 4.72 Å². The van der Waals surface area contributed by atoms with E-state index in [1.807, 2.05) is 47.9 Å². The van der Waals surface area contributed by atoms with E-state index in [1.165, 1.54) is 24.3 Å². The van der Waals surface area contributed by atoms with Crippen LogP contribution in [0.25, 0.3) is 16.9 Å². The minimum Gasteiger partial charge on any atom is -0.488 e. The van der Waals surface area contributed by atoms with Gasteiger partial charge in [0, 0.05) is 22.5 Å². The summed E-state index contributed by atoms with van der Waals surface area (Å²) >= 11 is 0. The minimum atomic E-state index is -4.13. The number of carbonyl (C=O) groups is 1. The molecule has 5 rings (SSSR count). The highest BCUT2D eigenvalue weighted by molar-refractivity contribution is 7.90. The maximum Gasteiger partial charge on any atom is 0.264 e. The third-order valence-corrected chi connectivity index (χ3v) is 7.52. The molecule has 0 fully saturated rings. The number of ether oxygens (including phenoxy) is 1. The van der Waals surface area contributed by atoms with Crippen LogP contribution in [0.3, 0.4) is 0 Å². The van der Waals surface area contributed by atoms with Gasteiger partial charge in [-0.05, 0) is 79.2 Å². The molecule has 1 heterocycles. The van der Waals surface area contributed by atoms with Gasteiger partial charge in [0.05, 0.1) is 10.6 Å². The van der Waals surface area contributed by atoms with Gasteiger partial charge in [0.2, 0.25) is 0 Å². The number of hydrogen-bond donors (Lipinski definition) is 1. The van der Waals surface area contributed by atoms with Crippen LogP contribution in [0.5, 0.6) is 5.75 Å². The topological polar surface area (TPSA) is 77.4 Å². The van der Waals surface area contributed by atoms with Crippen LogP contribution >= 0.6 is 0 Å². The number of para-hydroxylation sites is 1. The fourth-order valence-electron chi connectivity index (χ4n) is 4.26. The standard InChI is InChI=1S/C31H25FN2O4S/c1-22-14-19-29(28-12-5-6-13-30(28)38-21-23-15-17-25(32)18-16-23)34(22)26-10-7-11-27(20-26)39(36,37)33-31(35)24-8-3-2-4-9-24/h2-20H,21H2,1H3,(H,33,35). The van der Waals surface area contributed by atoms with Crippen LogP contribution < -0.4 is 9.46 Å². The molecule has 0 bridgehead atoms. The number of aryl methyl sites for hydroxylation is 1. The molecular weight excluding hydrogens is 515 g/mol. The van der Waals surface area contributed by atoms with Crippen LogP contribution in [-0.4, -0.2) is 18.9 Å². The van der Waals surface area contributed by atoms with E-state index in [-0.39, 0.29) is 22.9 Å². The van der Waals surface area contributed by atoms with E-state index in [1.54, 1.807) is 54.6 Å². The predicted octanol–water partition coefficient (Wildman–Crippen LogP) is 6.29. The Balaban J connectivity index is 1.46. The van der Waals surface area contributed by atoms with Gasteiger partial charge in [-0.2, -0.15) is 0 Å². The van der Waals surface area contributed by atoms with Crippen molar-refractivity contribution in [2.45, 2.75) is 18.4 Å². The Labute approximate surface area is 226 Å². The highest BCUT2D eigenvalue weighted by Gasteiger charge is 2.21. The lowest BCUT2D eigenvalue weighted by atomic mass is 10.1. The maximum atomic E-state index is 13.3. The molecule has 8 heteroatoms. The molecule has 4 aromatic carbocycles. The van der Waals surface area contributed by atoms with Crippen molar-refractivity contribution in [3.8, 4) is 22.7 Å². The molecule has 1 aromatic heterocycles. The Morgan fingerprint density at radius 1 is 0.846 bits per heavy atom. The molecule has 1 amide bonds. The molecule has 0 aliphatic heterocycles. The minimum absolute atomic E-state index is 0.0378. The van der Waals surface area contributed by atoms with E-state index < -0.39 is 15.9 Å². The largest absolute Gasteiger partial charge is 0.488 e.